The zero-order valence-electron chi connectivity index (χ0n) is 11.6. The fourth-order valence-corrected chi connectivity index (χ4v) is 2.85. The molecule has 4 heteroatoms. The largest absolute Gasteiger partial charge is 0.480 e. The highest BCUT2D eigenvalue weighted by atomic mass is 16.5. The molecule has 1 aliphatic heterocycles. The second kappa shape index (κ2) is 5.65. The molecule has 4 nitrogen and oxygen atoms in total. The highest BCUT2D eigenvalue weighted by Crippen LogP contribution is 2.38. The lowest BCUT2D eigenvalue weighted by Gasteiger charge is -2.37. The van der Waals surface area contributed by atoms with Gasteiger partial charge in [-0.2, -0.15) is 0 Å². The summed E-state index contributed by atoms with van der Waals surface area (Å²) in [7, 11) is 1.66. The Hall–Kier alpha value is -1.16. The molecular weight excluding hydrogens is 226 g/mol. The molecule has 0 aromatic carbocycles. The second-order valence-electron chi connectivity index (χ2n) is 5.28. The molecule has 1 aromatic heterocycles. The van der Waals surface area contributed by atoms with E-state index >= 15 is 0 Å². The highest BCUT2D eigenvalue weighted by molar-refractivity contribution is 5.27. The molecule has 0 saturated carbocycles. The summed E-state index contributed by atoms with van der Waals surface area (Å²) in [4.78, 5) is 8.86. The summed E-state index contributed by atoms with van der Waals surface area (Å²) in [6, 6.07) is 0. The van der Waals surface area contributed by atoms with Crippen LogP contribution in [-0.4, -0.2) is 23.6 Å². The number of nitrogens with zero attached hydrogens (tertiary/aromatic N) is 2. The summed E-state index contributed by atoms with van der Waals surface area (Å²) in [6.07, 6.45) is 8.29. The minimum Gasteiger partial charge on any atom is -0.480 e. The lowest BCUT2D eigenvalue weighted by molar-refractivity contribution is 0.212. The number of aromatic nitrogens is 2. The van der Waals surface area contributed by atoms with Gasteiger partial charge in [0.15, 0.2) is 0 Å². The van der Waals surface area contributed by atoms with E-state index in [0.29, 0.717) is 11.8 Å². The van der Waals surface area contributed by atoms with Gasteiger partial charge >= 0.3 is 0 Å². The van der Waals surface area contributed by atoms with Crippen molar-refractivity contribution in [3.63, 3.8) is 0 Å². The van der Waals surface area contributed by atoms with E-state index in [9.17, 15) is 0 Å². The first-order valence-corrected chi connectivity index (χ1v) is 6.81. The molecule has 1 unspecified atom stereocenters. The maximum Gasteiger partial charge on any atom is 0.237 e. The van der Waals surface area contributed by atoms with E-state index in [1.165, 1.54) is 19.3 Å². The topological polar surface area (TPSA) is 47.0 Å². The average molecular weight is 249 g/mol. The van der Waals surface area contributed by atoms with Gasteiger partial charge in [0.25, 0.3) is 0 Å². The molecule has 0 bridgehead atoms. The summed E-state index contributed by atoms with van der Waals surface area (Å²) in [5.74, 6) is 1.11. The highest BCUT2D eigenvalue weighted by Gasteiger charge is 2.39. The molecule has 2 heterocycles. The van der Waals surface area contributed by atoms with Crippen LogP contribution in [0, 0.1) is 5.92 Å². The maximum absolute atomic E-state index is 5.40. The molecule has 0 amide bonds. The molecule has 1 aliphatic rings. The Morgan fingerprint density at radius 1 is 1.22 bits per heavy atom. The van der Waals surface area contributed by atoms with Crippen LogP contribution in [0.2, 0.25) is 0 Å². The predicted octanol–water partition coefficient (Wildman–Crippen LogP) is 2.50. The van der Waals surface area contributed by atoms with E-state index in [4.69, 9.17) is 4.74 Å². The molecule has 1 fully saturated rings. The third-order valence-electron chi connectivity index (χ3n) is 3.95. The average Bonchev–Trinajstić information content (AvgIpc) is 2.65. The molecule has 1 N–H and O–H groups in total. The van der Waals surface area contributed by atoms with Gasteiger partial charge in [-0.15, -0.1) is 0 Å². The number of methoxy groups -OCH3 is 1. The van der Waals surface area contributed by atoms with Crippen LogP contribution in [0.3, 0.4) is 0 Å². The van der Waals surface area contributed by atoms with Gasteiger partial charge in [-0.25, -0.2) is 4.98 Å². The first kappa shape index (κ1) is 13.3. The molecule has 1 saturated heterocycles. The molecule has 0 radical (unpaired) electrons. The smallest absolute Gasteiger partial charge is 0.237 e. The van der Waals surface area contributed by atoms with Crippen LogP contribution in [0.1, 0.15) is 45.2 Å². The zero-order valence-corrected chi connectivity index (χ0v) is 11.6. The van der Waals surface area contributed by atoms with Gasteiger partial charge in [-0.3, -0.25) is 4.98 Å². The van der Waals surface area contributed by atoms with Crippen molar-refractivity contribution in [2.45, 2.75) is 45.1 Å². The third-order valence-corrected chi connectivity index (χ3v) is 3.95. The van der Waals surface area contributed by atoms with E-state index in [-0.39, 0.29) is 5.54 Å². The predicted molar refractivity (Wildman–Crippen MR) is 71.6 cm³/mol. The number of rotatable bonds is 3. The summed E-state index contributed by atoms with van der Waals surface area (Å²) < 4.78 is 5.40. The lowest BCUT2D eigenvalue weighted by Crippen LogP contribution is -2.47. The van der Waals surface area contributed by atoms with Crippen LogP contribution in [0.25, 0.3) is 0 Å². The van der Waals surface area contributed by atoms with Crippen LogP contribution in [0.15, 0.2) is 12.4 Å². The number of nitrogens with one attached hydrogen (secondary N) is 1. The minimum atomic E-state index is -0.101. The number of ether oxygens (including phenoxy) is 1. The van der Waals surface area contributed by atoms with E-state index in [1.807, 2.05) is 0 Å². The molecular formula is C14H23N3O. The SMILES string of the molecule is COc1nccnc1C1(C(C)C)CCCCCN1. The quantitative estimate of drug-likeness (QED) is 0.894. The van der Waals surface area contributed by atoms with Gasteiger partial charge < -0.3 is 10.1 Å². The Kier molecular flexibility index (Phi) is 4.17. The van der Waals surface area contributed by atoms with Crippen LogP contribution in [0.5, 0.6) is 5.88 Å². The molecule has 18 heavy (non-hydrogen) atoms. The van der Waals surface area contributed by atoms with E-state index < -0.39 is 0 Å². The lowest BCUT2D eigenvalue weighted by atomic mass is 9.79. The van der Waals surface area contributed by atoms with Crippen LogP contribution in [0.4, 0.5) is 0 Å². The van der Waals surface area contributed by atoms with Gasteiger partial charge in [0.1, 0.15) is 5.69 Å². The van der Waals surface area contributed by atoms with E-state index in [2.05, 4.69) is 29.1 Å². The van der Waals surface area contributed by atoms with Crippen molar-refractivity contribution in [2.75, 3.05) is 13.7 Å². The summed E-state index contributed by atoms with van der Waals surface area (Å²) >= 11 is 0. The van der Waals surface area contributed by atoms with Crippen molar-refractivity contribution in [1.82, 2.24) is 15.3 Å². The Balaban J connectivity index is 2.45. The van der Waals surface area contributed by atoms with Crippen molar-refractivity contribution in [2.24, 2.45) is 5.92 Å². The van der Waals surface area contributed by atoms with Crippen molar-refractivity contribution in [3.05, 3.63) is 18.1 Å². The Labute approximate surface area is 109 Å². The third kappa shape index (κ3) is 2.34. The minimum absolute atomic E-state index is 0.101. The first-order valence-electron chi connectivity index (χ1n) is 6.81. The van der Waals surface area contributed by atoms with Gasteiger partial charge in [-0.1, -0.05) is 26.7 Å². The summed E-state index contributed by atoms with van der Waals surface area (Å²) in [6.45, 7) is 5.52. The zero-order chi connectivity index (χ0) is 13.0. The summed E-state index contributed by atoms with van der Waals surface area (Å²) in [5.41, 5.74) is 0.861. The summed E-state index contributed by atoms with van der Waals surface area (Å²) in [5, 5.41) is 3.70. The molecule has 1 aromatic rings. The van der Waals surface area contributed by atoms with Gasteiger partial charge in [0.05, 0.1) is 12.6 Å². The molecule has 1 atom stereocenters. The van der Waals surface area contributed by atoms with Crippen molar-refractivity contribution in [1.29, 1.82) is 0 Å². The van der Waals surface area contributed by atoms with Crippen LogP contribution in [-0.2, 0) is 5.54 Å². The normalized spacial score (nSPS) is 24.9. The van der Waals surface area contributed by atoms with E-state index in [0.717, 1.165) is 18.7 Å². The maximum atomic E-state index is 5.40. The van der Waals surface area contributed by atoms with Crippen LogP contribution < -0.4 is 10.1 Å². The monoisotopic (exact) mass is 249 g/mol. The fraction of sp³-hybridized carbons (Fsp3) is 0.714. The molecule has 2 rings (SSSR count). The van der Waals surface area contributed by atoms with Crippen molar-refractivity contribution in [3.8, 4) is 5.88 Å². The Bertz CT molecular complexity index is 384. The second-order valence-corrected chi connectivity index (χ2v) is 5.28. The standard InChI is InChI=1S/C14H23N3O/c1-11(2)14(7-5-4-6-8-17-14)12-13(18-3)16-10-9-15-12/h9-11,17H,4-8H2,1-3H3. The number of hydrogen-bond donors (Lipinski definition) is 1. The molecule has 0 spiro atoms. The van der Waals surface area contributed by atoms with Crippen LogP contribution >= 0.6 is 0 Å². The molecule has 0 aliphatic carbocycles. The van der Waals surface area contributed by atoms with Gasteiger partial charge in [0.2, 0.25) is 5.88 Å². The Morgan fingerprint density at radius 2 is 2.00 bits per heavy atom. The molecule has 100 valence electrons. The number of hydrogen-bond acceptors (Lipinski definition) is 4. The van der Waals surface area contributed by atoms with Gasteiger partial charge in [0, 0.05) is 12.4 Å². The van der Waals surface area contributed by atoms with E-state index in [1.54, 1.807) is 19.5 Å². The van der Waals surface area contributed by atoms with Gasteiger partial charge in [-0.05, 0) is 25.3 Å². The first-order chi connectivity index (χ1) is 8.70. The van der Waals surface area contributed by atoms with Crippen molar-refractivity contribution < 1.29 is 4.74 Å². The fourth-order valence-electron chi connectivity index (χ4n) is 2.85. The Morgan fingerprint density at radius 3 is 2.72 bits per heavy atom. The van der Waals surface area contributed by atoms with Crippen molar-refractivity contribution >= 4 is 0 Å².